The molecule has 1 saturated heterocycles. The molecule has 1 aliphatic heterocycles. The number of nitrogens with zero attached hydrogens (tertiary/aromatic N) is 1. The zero-order valence-electron chi connectivity index (χ0n) is 12.0. The Morgan fingerprint density at radius 2 is 2.30 bits per heavy atom. The topological polar surface area (TPSA) is 24.9 Å². The van der Waals surface area contributed by atoms with Gasteiger partial charge in [0.2, 0.25) is 0 Å². The van der Waals surface area contributed by atoms with Gasteiger partial charge in [0.15, 0.2) is 0 Å². The molecule has 3 rings (SSSR count). The predicted octanol–water partition coefficient (Wildman–Crippen LogP) is 4.10. The lowest BCUT2D eigenvalue weighted by Gasteiger charge is -2.23. The second-order valence-electron chi connectivity index (χ2n) is 5.39. The summed E-state index contributed by atoms with van der Waals surface area (Å²) < 4.78 is 1.32. The van der Waals surface area contributed by atoms with Gasteiger partial charge < -0.3 is 5.32 Å². The zero-order valence-corrected chi connectivity index (χ0v) is 13.6. The first-order chi connectivity index (χ1) is 9.86. The molecule has 2 heterocycles. The summed E-state index contributed by atoms with van der Waals surface area (Å²) in [6, 6.07) is 9.06. The van der Waals surface area contributed by atoms with Gasteiger partial charge in [-0.2, -0.15) is 11.8 Å². The van der Waals surface area contributed by atoms with Crippen LogP contribution in [-0.4, -0.2) is 28.6 Å². The highest BCUT2D eigenvalue weighted by Gasteiger charge is 2.26. The van der Waals surface area contributed by atoms with Crippen LogP contribution in [0.15, 0.2) is 24.3 Å². The van der Waals surface area contributed by atoms with Crippen molar-refractivity contribution in [2.75, 3.05) is 12.3 Å². The summed E-state index contributed by atoms with van der Waals surface area (Å²) in [7, 11) is 0. The maximum absolute atomic E-state index is 4.80. The first-order valence-corrected chi connectivity index (χ1v) is 9.43. The van der Waals surface area contributed by atoms with Gasteiger partial charge in [0.25, 0.3) is 0 Å². The Morgan fingerprint density at radius 3 is 3.05 bits per heavy atom. The zero-order chi connectivity index (χ0) is 13.8. The van der Waals surface area contributed by atoms with Crippen LogP contribution in [0.2, 0.25) is 0 Å². The summed E-state index contributed by atoms with van der Waals surface area (Å²) in [4.78, 5) is 4.80. The number of para-hydroxylation sites is 1. The second kappa shape index (κ2) is 6.92. The van der Waals surface area contributed by atoms with E-state index in [4.69, 9.17) is 4.98 Å². The van der Waals surface area contributed by atoms with Crippen molar-refractivity contribution in [2.45, 2.75) is 43.9 Å². The van der Waals surface area contributed by atoms with E-state index in [0.29, 0.717) is 6.04 Å². The van der Waals surface area contributed by atoms with Crippen molar-refractivity contribution >= 4 is 33.3 Å². The molecule has 1 aliphatic rings. The van der Waals surface area contributed by atoms with E-state index in [9.17, 15) is 0 Å². The second-order valence-corrected chi connectivity index (χ2v) is 7.85. The lowest BCUT2D eigenvalue weighted by atomic mass is 10.1. The van der Waals surface area contributed by atoms with Gasteiger partial charge in [-0.3, -0.25) is 0 Å². The Labute approximate surface area is 129 Å². The van der Waals surface area contributed by atoms with Gasteiger partial charge in [-0.15, -0.1) is 11.3 Å². The fraction of sp³-hybridized carbons (Fsp3) is 0.562. The van der Waals surface area contributed by atoms with Crippen LogP contribution >= 0.6 is 23.1 Å². The van der Waals surface area contributed by atoms with Crippen molar-refractivity contribution in [3.8, 4) is 0 Å². The van der Waals surface area contributed by atoms with Gasteiger partial charge in [0, 0.05) is 17.7 Å². The molecule has 0 aliphatic carbocycles. The summed E-state index contributed by atoms with van der Waals surface area (Å²) in [5, 5.41) is 5.81. The molecule has 2 atom stereocenters. The number of hydrogen-bond acceptors (Lipinski definition) is 4. The quantitative estimate of drug-likeness (QED) is 0.869. The normalized spacial score (nSPS) is 20.6. The summed E-state index contributed by atoms with van der Waals surface area (Å²) >= 11 is 4.00. The summed E-state index contributed by atoms with van der Waals surface area (Å²) in [6.45, 7) is 3.36. The molecular weight excluding hydrogens is 284 g/mol. The highest BCUT2D eigenvalue weighted by molar-refractivity contribution is 8.00. The first kappa shape index (κ1) is 14.4. The van der Waals surface area contributed by atoms with Gasteiger partial charge in [-0.1, -0.05) is 19.1 Å². The average molecular weight is 307 g/mol. The molecule has 1 aromatic heterocycles. The van der Waals surface area contributed by atoms with Crippen molar-refractivity contribution in [3.63, 3.8) is 0 Å². The number of thiazole rings is 1. The largest absolute Gasteiger partial charge is 0.312 e. The number of thioether (sulfide) groups is 1. The molecule has 0 radical (unpaired) electrons. The van der Waals surface area contributed by atoms with E-state index in [1.54, 1.807) is 0 Å². The van der Waals surface area contributed by atoms with E-state index in [2.05, 4.69) is 48.3 Å². The van der Waals surface area contributed by atoms with Gasteiger partial charge >= 0.3 is 0 Å². The fourth-order valence-corrected chi connectivity index (χ4v) is 5.20. The van der Waals surface area contributed by atoms with E-state index in [1.165, 1.54) is 34.7 Å². The van der Waals surface area contributed by atoms with E-state index in [1.807, 2.05) is 11.3 Å². The fourth-order valence-electron chi connectivity index (χ4n) is 2.78. The van der Waals surface area contributed by atoms with Crippen LogP contribution in [0.4, 0.5) is 0 Å². The Balaban J connectivity index is 1.73. The van der Waals surface area contributed by atoms with Crippen molar-refractivity contribution < 1.29 is 0 Å². The van der Waals surface area contributed by atoms with Gasteiger partial charge in [-0.25, -0.2) is 4.98 Å². The highest BCUT2D eigenvalue weighted by atomic mass is 32.2. The number of aromatic nitrogens is 1. The molecule has 2 nitrogen and oxygen atoms in total. The third-order valence-electron chi connectivity index (χ3n) is 3.80. The average Bonchev–Trinajstić information content (AvgIpc) is 3.11. The van der Waals surface area contributed by atoms with E-state index in [0.717, 1.165) is 23.7 Å². The third kappa shape index (κ3) is 3.35. The number of hydrogen-bond donors (Lipinski definition) is 1. The van der Waals surface area contributed by atoms with Crippen LogP contribution in [0.1, 0.15) is 31.2 Å². The monoisotopic (exact) mass is 306 g/mol. The Morgan fingerprint density at radius 1 is 1.40 bits per heavy atom. The minimum Gasteiger partial charge on any atom is -0.312 e. The number of nitrogens with one attached hydrogen (secondary N) is 1. The number of benzene rings is 1. The lowest BCUT2D eigenvalue weighted by molar-refractivity contribution is 0.481. The van der Waals surface area contributed by atoms with Crippen molar-refractivity contribution in [1.82, 2.24) is 10.3 Å². The lowest BCUT2D eigenvalue weighted by Crippen LogP contribution is -2.39. The SMILES string of the molecule is CCCNC(Cc1nc2ccccc2s1)C1CCCS1. The van der Waals surface area contributed by atoms with E-state index < -0.39 is 0 Å². The highest BCUT2D eigenvalue weighted by Crippen LogP contribution is 2.31. The summed E-state index contributed by atoms with van der Waals surface area (Å²) in [6.07, 6.45) is 5.02. The Bertz CT molecular complexity index is 513. The molecule has 1 aromatic carbocycles. The molecule has 0 bridgehead atoms. The van der Waals surface area contributed by atoms with Gasteiger partial charge in [0.05, 0.1) is 15.2 Å². The van der Waals surface area contributed by atoms with Gasteiger partial charge in [0.1, 0.15) is 0 Å². The molecule has 2 unspecified atom stereocenters. The van der Waals surface area contributed by atoms with Crippen LogP contribution < -0.4 is 5.32 Å². The molecule has 108 valence electrons. The van der Waals surface area contributed by atoms with Crippen molar-refractivity contribution in [1.29, 1.82) is 0 Å². The Kier molecular flexibility index (Phi) is 4.97. The van der Waals surface area contributed by atoms with Crippen molar-refractivity contribution in [2.24, 2.45) is 0 Å². The van der Waals surface area contributed by atoms with Crippen LogP contribution in [0.3, 0.4) is 0 Å². The molecule has 1 fully saturated rings. The molecule has 2 aromatic rings. The molecule has 0 saturated carbocycles. The summed E-state index contributed by atoms with van der Waals surface area (Å²) in [5.74, 6) is 1.33. The minimum absolute atomic E-state index is 0.586. The molecule has 4 heteroatoms. The molecule has 20 heavy (non-hydrogen) atoms. The van der Waals surface area contributed by atoms with Crippen molar-refractivity contribution in [3.05, 3.63) is 29.3 Å². The van der Waals surface area contributed by atoms with Crippen LogP contribution in [0, 0.1) is 0 Å². The Hall–Kier alpha value is -0.580. The van der Waals surface area contributed by atoms with E-state index in [-0.39, 0.29) is 0 Å². The molecular formula is C16H22N2S2. The number of rotatable bonds is 6. The molecule has 1 N–H and O–H groups in total. The maximum Gasteiger partial charge on any atom is 0.0954 e. The predicted molar refractivity (Wildman–Crippen MR) is 90.9 cm³/mol. The van der Waals surface area contributed by atoms with Crippen LogP contribution in [0.5, 0.6) is 0 Å². The molecule has 0 amide bonds. The number of fused-ring (bicyclic) bond motifs is 1. The third-order valence-corrected chi connectivity index (χ3v) is 6.38. The smallest absolute Gasteiger partial charge is 0.0954 e. The molecule has 0 spiro atoms. The van der Waals surface area contributed by atoms with Gasteiger partial charge in [-0.05, 0) is 43.7 Å². The standard InChI is InChI=1S/C16H22N2S2/c1-2-9-17-13(14-8-5-10-19-14)11-16-18-12-6-3-4-7-15(12)20-16/h3-4,6-7,13-14,17H,2,5,8-11H2,1H3. The van der Waals surface area contributed by atoms with Crippen LogP contribution in [0.25, 0.3) is 10.2 Å². The maximum atomic E-state index is 4.80. The van der Waals surface area contributed by atoms with Crippen LogP contribution in [-0.2, 0) is 6.42 Å². The summed E-state index contributed by atoms with van der Waals surface area (Å²) in [5.41, 5.74) is 1.15. The van der Waals surface area contributed by atoms with E-state index >= 15 is 0 Å². The minimum atomic E-state index is 0.586. The first-order valence-electron chi connectivity index (χ1n) is 7.56.